The van der Waals surface area contributed by atoms with E-state index in [0.29, 0.717) is 13.2 Å². The van der Waals surface area contributed by atoms with Gasteiger partial charge in [-0.05, 0) is 17.0 Å². The Hall–Kier alpha value is -1.62. The largest absolute Gasteiger partial charge is 0.370 e. The van der Waals surface area contributed by atoms with Gasteiger partial charge in [0.2, 0.25) is 5.91 Å². The fraction of sp³-hybridized carbons (Fsp3) is 0.538. The third-order valence-electron chi connectivity index (χ3n) is 2.43. The van der Waals surface area contributed by atoms with Crippen LogP contribution < -0.4 is 11.1 Å². The monoisotopic (exact) mass is 251 g/mol. The predicted octanol–water partition coefficient (Wildman–Crippen LogP) is 1.29. The summed E-state index contributed by atoms with van der Waals surface area (Å²) in [6.07, 6.45) is 1.87. The summed E-state index contributed by atoms with van der Waals surface area (Å²) in [5, 5.41) is 3.11. The van der Waals surface area contributed by atoms with Crippen LogP contribution in [0.15, 0.2) is 18.3 Å². The van der Waals surface area contributed by atoms with E-state index >= 15 is 0 Å². The van der Waals surface area contributed by atoms with Crippen LogP contribution in [0.3, 0.4) is 0 Å². The standard InChI is InChI=1S/C13H21N3O2/c1-13(2,3)10-4-5-12(16-8-10)15-6-7-18-9-11(14)17/h4-5,8H,6-7,9H2,1-3H3,(H2,14,17)(H,15,16). The molecule has 0 saturated heterocycles. The number of primary amides is 1. The van der Waals surface area contributed by atoms with Gasteiger partial charge >= 0.3 is 0 Å². The molecular formula is C13H21N3O2. The van der Waals surface area contributed by atoms with Crippen molar-refractivity contribution in [3.63, 3.8) is 0 Å². The number of anilines is 1. The molecule has 100 valence electrons. The van der Waals surface area contributed by atoms with Crippen molar-refractivity contribution in [1.82, 2.24) is 4.98 Å². The van der Waals surface area contributed by atoms with Crippen molar-refractivity contribution in [1.29, 1.82) is 0 Å². The van der Waals surface area contributed by atoms with E-state index in [9.17, 15) is 4.79 Å². The Balaban J connectivity index is 2.33. The molecule has 0 atom stereocenters. The Morgan fingerprint density at radius 3 is 2.67 bits per heavy atom. The lowest BCUT2D eigenvalue weighted by atomic mass is 9.88. The smallest absolute Gasteiger partial charge is 0.243 e. The number of hydrogen-bond donors (Lipinski definition) is 2. The quantitative estimate of drug-likeness (QED) is 0.747. The lowest BCUT2D eigenvalue weighted by Gasteiger charge is -2.18. The SMILES string of the molecule is CC(C)(C)c1ccc(NCCOCC(N)=O)nc1. The van der Waals surface area contributed by atoms with Gasteiger partial charge in [0.05, 0.1) is 6.61 Å². The topological polar surface area (TPSA) is 77.2 Å². The maximum atomic E-state index is 10.4. The second-order valence-corrected chi connectivity index (χ2v) is 5.13. The zero-order valence-electron chi connectivity index (χ0n) is 11.2. The number of nitrogens with two attached hydrogens (primary N) is 1. The molecule has 0 unspecified atom stereocenters. The molecule has 0 radical (unpaired) electrons. The summed E-state index contributed by atoms with van der Waals surface area (Å²) in [4.78, 5) is 14.7. The third kappa shape index (κ3) is 5.14. The number of rotatable bonds is 6. The van der Waals surface area contributed by atoms with Crippen LogP contribution in [-0.4, -0.2) is 30.6 Å². The van der Waals surface area contributed by atoms with E-state index in [4.69, 9.17) is 10.5 Å². The van der Waals surface area contributed by atoms with Crippen LogP contribution in [0, 0.1) is 0 Å². The van der Waals surface area contributed by atoms with Crippen LogP contribution >= 0.6 is 0 Å². The molecule has 0 fully saturated rings. The third-order valence-corrected chi connectivity index (χ3v) is 2.43. The van der Waals surface area contributed by atoms with Crippen molar-refractivity contribution < 1.29 is 9.53 Å². The molecule has 0 spiro atoms. The highest BCUT2D eigenvalue weighted by Gasteiger charge is 2.13. The maximum absolute atomic E-state index is 10.4. The predicted molar refractivity (Wildman–Crippen MR) is 71.4 cm³/mol. The van der Waals surface area contributed by atoms with E-state index in [2.05, 4.69) is 37.1 Å². The highest BCUT2D eigenvalue weighted by atomic mass is 16.5. The van der Waals surface area contributed by atoms with Gasteiger partial charge in [0, 0.05) is 12.7 Å². The number of hydrogen-bond acceptors (Lipinski definition) is 4. The molecule has 0 aliphatic rings. The first kappa shape index (κ1) is 14.4. The van der Waals surface area contributed by atoms with Crippen molar-refractivity contribution in [2.45, 2.75) is 26.2 Å². The van der Waals surface area contributed by atoms with Crippen LogP contribution in [0.25, 0.3) is 0 Å². The molecule has 5 nitrogen and oxygen atoms in total. The van der Waals surface area contributed by atoms with Gasteiger partial charge in [-0.3, -0.25) is 4.79 Å². The van der Waals surface area contributed by atoms with E-state index in [-0.39, 0.29) is 12.0 Å². The molecule has 1 heterocycles. The van der Waals surface area contributed by atoms with Gasteiger partial charge in [-0.2, -0.15) is 0 Å². The summed E-state index contributed by atoms with van der Waals surface area (Å²) in [5.41, 5.74) is 6.25. The summed E-state index contributed by atoms with van der Waals surface area (Å²) in [7, 11) is 0. The minimum absolute atomic E-state index is 0.0436. The molecule has 18 heavy (non-hydrogen) atoms. The molecule has 0 saturated carbocycles. The Morgan fingerprint density at radius 1 is 1.44 bits per heavy atom. The van der Waals surface area contributed by atoms with Crippen molar-refractivity contribution in [2.24, 2.45) is 5.73 Å². The molecule has 0 bridgehead atoms. The second kappa shape index (κ2) is 6.35. The fourth-order valence-electron chi connectivity index (χ4n) is 1.37. The molecule has 1 aromatic rings. The van der Waals surface area contributed by atoms with Gasteiger partial charge in [-0.1, -0.05) is 26.8 Å². The highest BCUT2D eigenvalue weighted by Crippen LogP contribution is 2.21. The lowest BCUT2D eigenvalue weighted by Crippen LogP contribution is -2.20. The number of aromatic nitrogens is 1. The van der Waals surface area contributed by atoms with Crippen LogP contribution in [0.2, 0.25) is 0 Å². The first-order valence-corrected chi connectivity index (χ1v) is 5.96. The van der Waals surface area contributed by atoms with Crippen LogP contribution in [0.5, 0.6) is 0 Å². The number of nitrogens with one attached hydrogen (secondary N) is 1. The van der Waals surface area contributed by atoms with Gasteiger partial charge in [-0.25, -0.2) is 4.98 Å². The molecule has 1 aromatic heterocycles. The van der Waals surface area contributed by atoms with Gasteiger partial charge < -0.3 is 15.8 Å². The second-order valence-electron chi connectivity index (χ2n) is 5.13. The highest BCUT2D eigenvalue weighted by molar-refractivity contribution is 5.74. The summed E-state index contributed by atoms with van der Waals surface area (Å²) < 4.78 is 5.03. The number of ether oxygens (including phenoxy) is 1. The lowest BCUT2D eigenvalue weighted by molar-refractivity contribution is -0.122. The minimum atomic E-state index is -0.456. The van der Waals surface area contributed by atoms with Crippen molar-refractivity contribution in [2.75, 3.05) is 25.1 Å². The zero-order chi connectivity index (χ0) is 13.6. The molecule has 3 N–H and O–H groups in total. The Bertz CT molecular complexity index is 382. The van der Waals surface area contributed by atoms with Crippen molar-refractivity contribution >= 4 is 11.7 Å². The zero-order valence-corrected chi connectivity index (χ0v) is 11.2. The summed E-state index contributed by atoms with van der Waals surface area (Å²) in [6, 6.07) is 3.99. The number of pyridine rings is 1. The van der Waals surface area contributed by atoms with Crippen LogP contribution in [-0.2, 0) is 14.9 Å². The molecule has 1 rings (SSSR count). The summed E-state index contributed by atoms with van der Waals surface area (Å²) in [6.45, 7) is 7.41. The Labute approximate surface area is 108 Å². The van der Waals surface area contributed by atoms with E-state index in [0.717, 1.165) is 5.82 Å². The van der Waals surface area contributed by atoms with Gasteiger partial charge in [0.25, 0.3) is 0 Å². The maximum Gasteiger partial charge on any atom is 0.243 e. The normalized spacial score (nSPS) is 11.3. The number of carbonyl (C=O) groups excluding carboxylic acids is 1. The number of amides is 1. The van der Waals surface area contributed by atoms with Crippen molar-refractivity contribution in [3.05, 3.63) is 23.9 Å². The minimum Gasteiger partial charge on any atom is -0.370 e. The van der Waals surface area contributed by atoms with Crippen LogP contribution in [0.1, 0.15) is 26.3 Å². The van der Waals surface area contributed by atoms with E-state index < -0.39 is 5.91 Å². The molecule has 5 heteroatoms. The average molecular weight is 251 g/mol. The van der Waals surface area contributed by atoms with E-state index in [1.54, 1.807) is 0 Å². The molecular weight excluding hydrogens is 230 g/mol. The van der Waals surface area contributed by atoms with Crippen LogP contribution in [0.4, 0.5) is 5.82 Å². The molecule has 0 aromatic carbocycles. The molecule has 1 amide bonds. The first-order chi connectivity index (χ1) is 8.39. The number of carbonyl (C=O) groups is 1. The van der Waals surface area contributed by atoms with E-state index in [1.165, 1.54) is 5.56 Å². The average Bonchev–Trinajstić information content (AvgIpc) is 2.27. The molecule has 0 aliphatic carbocycles. The fourth-order valence-corrected chi connectivity index (χ4v) is 1.37. The molecule has 0 aliphatic heterocycles. The Morgan fingerprint density at radius 2 is 2.17 bits per heavy atom. The Kier molecular flexibility index (Phi) is 5.09. The van der Waals surface area contributed by atoms with E-state index in [1.807, 2.05) is 12.3 Å². The van der Waals surface area contributed by atoms with Gasteiger partial charge in [0.15, 0.2) is 0 Å². The summed E-state index contributed by atoms with van der Waals surface area (Å²) in [5.74, 6) is 0.341. The first-order valence-electron chi connectivity index (χ1n) is 5.96. The van der Waals surface area contributed by atoms with Gasteiger partial charge in [0.1, 0.15) is 12.4 Å². The van der Waals surface area contributed by atoms with Crippen molar-refractivity contribution in [3.8, 4) is 0 Å². The van der Waals surface area contributed by atoms with Gasteiger partial charge in [-0.15, -0.1) is 0 Å². The number of nitrogens with zero attached hydrogens (tertiary/aromatic N) is 1. The summed E-state index contributed by atoms with van der Waals surface area (Å²) >= 11 is 0.